The minimum Gasteiger partial charge on any atom is -0.299 e. The summed E-state index contributed by atoms with van der Waals surface area (Å²) in [6.45, 7) is 9.21. The van der Waals surface area contributed by atoms with Gasteiger partial charge in [-0.25, -0.2) is 8.78 Å². The van der Waals surface area contributed by atoms with Crippen LogP contribution in [0.3, 0.4) is 0 Å². The highest BCUT2D eigenvalue weighted by Crippen LogP contribution is 2.57. The van der Waals surface area contributed by atoms with Gasteiger partial charge < -0.3 is 0 Å². The first-order chi connectivity index (χ1) is 9.99. The fourth-order valence-corrected chi connectivity index (χ4v) is 4.89. The Kier molecular flexibility index (Phi) is 4.77. The second-order valence-corrected chi connectivity index (χ2v) is 9.03. The van der Waals surface area contributed by atoms with Crippen molar-refractivity contribution in [2.24, 2.45) is 28.6 Å². The second-order valence-electron chi connectivity index (χ2n) is 9.03. The van der Waals surface area contributed by atoms with Gasteiger partial charge in [-0.2, -0.15) is 0 Å². The largest absolute Gasteiger partial charge is 0.299 e. The zero-order valence-electron chi connectivity index (χ0n) is 14.8. The highest BCUT2D eigenvalue weighted by atomic mass is 19.3. The van der Waals surface area contributed by atoms with Gasteiger partial charge in [0, 0.05) is 24.2 Å². The molecular weight excluding hydrogens is 282 g/mol. The Balaban J connectivity index is 2.02. The average molecular weight is 314 g/mol. The summed E-state index contributed by atoms with van der Waals surface area (Å²) in [5.41, 5.74) is -0.915. The SMILES string of the molecule is C[C@H](CCC(F)(F)C(C)(C)C)[C@H]1CC[C@H]2C(=O)CCC[C@]12C. The number of hydrogen-bond donors (Lipinski definition) is 0. The number of hydrogen-bond acceptors (Lipinski definition) is 1. The van der Waals surface area contributed by atoms with E-state index in [9.17, 15) is 13.6 Å². The van der Waals surface area contributed by atoms with Crippen molar-refractivity contribution in [2.45, 2.75) is 85.5 Å². The Morgan fingerprint density at radius 3 is 2.50 bits per heavy atom. The zero-order chi connectivity index (χ0) is 16.8. The maximum absolute atomic E-state index is 14.2. The molecule has 2 fully saturated rings. The van der Waals surface area contributed by atoms with E-state index in [-0.39, 0.29) is 23.7 Å². The number of Topliss-reactive ketones (excluding diaryl/α,β-unsaturated/α-hetero) is 1. The summed E-state index contributed by atoms with van der Waals surface area (Å²) in [6, 6.07) is 0. The fourth-order valence-electron chi connectivity index (χ4n) is 4.89. The Bertz CT molecular complexity index is 424. The monoisotopic (exact) mass is 314 g/mol. The van der Waals surface area contributed by atoms with Gasteiger partial charge in [-0.05, 0) is 49.4 Å². The third-order valence-electron chi connectivity index (χ3n) is 6.63. The van der Waals surface area contributed by atoms with Crippen LogP contribution in [0.2, 0.25) is 0 Å². The quantitative estimate of drug-likeness (QED) is 0.634. The number of halogens is 2. The van der Waals surface area contributed by atoms with Crippen LogP contribution in [0.1, 0.15) is 79.6 Å². The van der Waals surface area contributed by atoms with Gasteiger partial charge in [0.15, 0.2) is 0 Å². The van der Waals surface area contributed by atoms with Gasteiger partial charge >= 0.3 is 0 Å². The van der Waals surface area contributed by atoms with Crippen molar-refractivity contribution in [2.75, 3.05) is 0 Å². The molecule has 2 rings (SSSR count). The summed E-state index contributed by atoms with van der Waals surface area (Å²) in [5, 5.41) is 0. The fraction of sp³-hybridized carbons (Fsp3) is 0.947. The third-order valence-corrected chi connectivity index (χ3v) is 6.63. The van der Waals surface area contributed by atoms with E-state index in [0.717, 1.165) is 32.1 Å². The van der Waals surface area contributed by atoms with Crippen LogP contribution in [0, 0.1) is 28.6 Å². The third kappa shape index (κ3) is 3.10. The molecule has 0 spiro atoms. The summed E-state index contributed by atoms with van der Waals surface area (Å²) in [6.07, 6.45) is 5.33. The first-order valence-electron chi connectivity index (χ1n) is 8.89. The number of fused-ring (bicyclic) bond motifs is 1. The van der Waals surface area contributed by atoms with Crippen molar-refractivity contribution in [3.63, 3.8) is 0 Å². The van der Waals surface area contributed by atoms with Crippen LogP contribution >= 0.6 is 0 Å². The molecule has 22 heavy (non-hydrogen) atoms. The molecule has 2 aliphatic carbocycles. The Morgan fingerprint density at radius 1 is 1.27 bits per heavy atom. The molecule has 1 nitrogen and oxygen atoms in total. The molecule has 0 aromatic heterocycles. The maximum Gasteiger partial charge on any atom is 0.252 e. The highest BCUT2D eigenvalue weighted by molar-refractivity contribution is 5.83. The van der Waals surface area contributed by atoms with Crippen molar-refractivity contribution in [1.82, 2.24) is 0 Å². The van der Waals surface area contributed by atoms with E-state index in [1.807, 2.05) is 0 Å². The number of rotatable bonds is 4. The second kappa shape index (κ2) is 5.87. The summed E-state index contributed by atoms with van der Waals surface area (Å²) >= 11 is 0. The molecular formula is C19H32F2O. The number of ketones is 1. The van der Waals surface area contributed by atoms with Crippen LogP contribution in [0.5, 0.6) is 0 Å². The summed E-state index contributed by atoms with van der Waals surface area (Å²) < 4.78 is 28.4. The molecule has 0 aromatic carbocycles. The Hall–Kier alpha value is -0.470. The van der Waals surface area contributed by atoms with E-state index in [4.69, 9.17) is 0 Å². The predicted molar refractivity (Wildman–Crippen MR) is 86.0 cm³/mol. The lowest BCUT2D eigenvalue weighted by Crippen LogP contribution is -2.40. The minimum atomic E-state index is -2.62. The molecule has 0 radical (unpaired) electrons. The standard InChI is InChI=1S/C19H32F2O/c1-13(10-12-19(20,21)17(2,3)4)14-8-9-15-16(22)7-6-11-18(14,15)5/h13-15H,6-12H2,1-5H3/t13-,14-,15+,18-/m1/s1. The first kappa shape index (κ1) is 17.9. The normalized spacial score (nSPS) is 34.6. The van der Waals surface area contributed by atoms with Crippen LogP contribution in [-0.2, 0) is 4.79 Å². The van der Waals surface area contributed by atoms with Crippen LogP contribution in [0.4, 0.5) is 8.78 Å². The molecule has 0 saturated heterocycles. The Labute approximate surface area is 134 Å². The zero-order valence-corrected chi connectivity index (χ0v) is 14.8. The van der Waals surface area contributed by atoms with E-state index in [0.29, 0.717) is 18.1 Å². The molecule has 2 saturated carbocycles. The molecule has 0 aromatic rings. The van der Waals surface area contributed by atoms with Crippen LogP contribution < -0.4 is 0 Å². The Morgan fingerprint density at radius 2 is 1.91 bits per heavy atom. The lowest BCUT2D eigenvalue weighted by atomic mass is 9.61. The molecule has 0 heterocycles. The molecule has 2 aliphatic rings. The molecule has 0 aliphatic heterocycles. The molecule has 0 unspecified atom stereocenters. The van der Waals surface area contributed by atoms with Crippen molar-refractivity contribution in [3.05, 3.63) is 0 Å². The predicted octanol–water partition coefficient (Wildman–Crippen LogP) is 5.87. The van der Waals surface area contributed by atoms with Crippen molar-refractivity contribution in [1.29, 1.82) is 0 Å². The molecule has 0 bridgehead atoms. The van der Waals surface area contributed by atoms with Crippen molar-refractivity contribution in [3.8, 4) is 0 Å². The van der Waals surface area contributed by atoms with E-state index in [2.05, 4.69) is 13.8 Å². The number of carbonyl (C=O) groups is 1. The van der Waals surface area contributed by atoms with E-state index < -0.39 is 11.3 Å². The lowest BCUT2D eigenvalue weighted by Gasteiger charge is -2.42. The van der Waals surface area contributed by atoms with E-state index >= 15 is 0 Å². The molecule has 0 N–H and O–H groups in total. The van der Waals surface area contributed by atoms with Gasteiger partial charge in [-0.15, -0.1) is 0 Å². The topological polar surface area (TPSA) is 17.1 Å². The average Bonchev–Trinajstić information content (AvgIpc) is 2.73. The van der Waals surface area contributed by atoms with Crippen LogP contribution in [0.15, 0.2) is 0 Å². The number of alkyl halides is 2. The summed E-state index contributed by atoms with van der Waals surface area (Å²) in [4.78, 5) is 12.2. The maximum atomic E-state index is 14.2. The van der Waals surface area contributed by atoms with Gasteiger partial charge in [-0.1, -0.05) is 34.6 Å². The summed E-state index contributed by atoms with van der Waals surface area (Å²) in [7, 11) is 0. The molecule has 3 heteroatoms. The van der Waals surface area contributed by atoms with Gasteiger partial charge in [0.05, 0.1) is 0 Å². The van der Waals surface area contributed by atoms with Crippen molar-refractivity contribution >= 4 is 5.78 Å². The van der Waals surface area contributed by atoms with Gasteiger partial charge in [0.25, 0.3) is 5.92 Å². The lowest BCUT2D eigenvalue weighted by molar-refractivity contribution is -0.130. The van der Waals surface area contributed by atoms with Crippen LogP contribution in [0.25, 0.3) is 0 Å². The van der Waals surface area contributed by atoms with Gasteiger partial charge in [0.1, 0.15) is 5.78 Å². The van der Waals surface area contributed by atoms with Crippen LogP contribution in [-0.4, -0.2) is 11.7 Å². The van der Waals surface area contributed by atoms with Gasteiger partial charge in [-0.3, -0.25) is 4.79 Å². The molecule has 128 valence electrons. The molecule has 0 amide bonds. The van der Waals surface area contributed by atoms with Gasteiger partial charge in [0.2, 0.25) is 0 Å². The van der Waals surface area contributed by atoms with Crippen molar-refractivity contribution < 1.29 is 13.6 Å². The summed E-state index contributed by atoms with van der Waals surface area (Å²) in [5.74, 6) is -1.31. The smallest absolute Gasteiger partial charge is 0.252 e. The number of carbonyl (C=O) groups excluding carboxylic acids is 1. The minimum absolute atomic E-state index is 0.0388. The molecule has 4 atom stereocenters. The van der Waals surface area contributed by atoms with E-state index in [1.165, 1.54) is 0 Å². The highest BCUT2D eigenvalue weighted by Gasteiger charge is 2.52. The first-order valence-corrected chi connectivity index (χ1v) is 8.89. The van der Waals surface area contributed by atoms with E-state index in [1.54, 1.807) is 20.8 Å².